The van der Waals surface area contributed by atoms with Crippen LogP contribution in [0.2, 0.25) is 0 Å². The first-order valence-electron chi connectivity index (χ1n) is 10.8. The van der Waals surface area contributed by atoms with E-state index in [0.29, 0.717) is 29.8 Å². The molecule has 0 spiro atoms. The topological polar surface area (TPSA) is 173 Å². The van der Waals surface area contributed by atoms with Gasteiger partial charge >= 0.3 is 11.9 Å². The number of nitriles is 2. The Kier molecular flexibility index (Phi) is 14.4. The van der Waals surface area contributed by atoms with Gasteiger partial charge < -0.3 is 9.94 Å². The summed E-state index contributed by atoms with van der Waals surface area (Å²) in [5.41, 5.74) is 1.78. The van der Waals surface area contributed by atoms with Crippen LogP contribution in [0.25, 0.3) is 0 Å². The molecular weight excluding hydrogens is 497 g/mol. The molecule has 0 fully saturated rings. The van der Waals surface area contributed by atoms with Crippen molar-refractivity contribution >= 4 is 36.5 Å². The van der Waals surface area contributed by atoms with Gasteiger partial charge in [0.15, 0.2) is 0 Å². The lowest BCUT2D eigenvalue weighted by Crippen LogP contribution is -2.29. The Bertz CT molecular complexity index is 1100. The zero-order valence-electron chi connectivity index (χ0n) is 20.3. The normalized spacial score (nSPS) is 9.65. The number of benzene rings is 2. The number of carboxylic acid groups (broad SMARTS) is 1. The van der Waals surface area contributed by atoms with E-state index in [-0.39, 0.29) is 13.1 Å². The number of carbonyl (C=O) groups is 2. The number of terminal acetylenes is 1. The minimum absolute atomic E-state index is 0.243. The molecule has 0 heterocycles. The number of rotatable bonds is 12. The molecule has 2 aromatic rings. The highest BCUT2D eigenvalue weighted by Gasteiger charge is 2.14. The van der Waals surface area contributed by atoms with Gasteiger partial charge in [-0.05, 0) is 54.0 Å². The first kappa shape index (κ1) is 30.9. The molecule has 0 aliphatic heterocycles. The number of anilines is 2. The molecule has 11 nitrogen and oxygen atoms in total. The molecule has 2 rings (SSSR count). The number of hydrogen-bond acceptors (Lipinski definition) is 10. The number of carboxylic acids is 1. The van der Waals surface area contributed by atoms with Crippen molar-refractivity contribution in [1.82, 2.24) is 0 Å². The predicted molar refractivity (Wildman–Crippen MR) is 139 cm³/mol. The van der Waals surface area contributed by atoms with Crippen LogP contribution in [0.3, 0.4) is 0 Å². The standard InChI is InChI=1S/C15H18N3O3P.C10H10N2O3/c1-21-18(12-15(19)20)13-4-6-14(7-5-13)22(10-2-8-16)11-3-9-17;1-2-8-3-5-9(6-4-8)12(14)7-10(13)15-11/h4-7H,2-3,10-12H2,1H3,(H,19,20);1,3-6,14H,7,11H2. The Morgan fingerprint density at radius 3 is 1.97 bits per heavy atom. The summed E-state index contributed by atoms with van der Waals surface area (Å²) in [6.07, 6.45) is 7.66. The van der Waals surface area contributed by atoms with Crippen LogP contribution >= 0.6 is 7.92 Å². The average Bonchev–Trinajstić information content (AvgIpc) is 2.92. The highest BCUT2D eigenvalue weighted by molar-refractivity contribution is 7.65. The van der Waals surface area contributed by atoms with E-state index in [1.54, 1.807) is 36.4 Å². The van der Waals surface area contributed by atoms with Crippen LogP contribution in [-0.4, -0.2) is 54.8 Å². The van der Waals surface area contributed by atoms with Gasteiger partial charge in [0.25, 0.3) is 0 Å². The fourth-order valence-electron chi connectivity index (χ4n) is 2.93. The van der Waals surface area contributed by atoms with Gasteiger partial charge in [-0.2, -0.15) is 16.4 Å². The van der Waals surface area contributed by atoms with Gasteiger partial charge in [-0.15, -0.1) is 6.42 Å². The van der Waals surface area contributed by atoms with Crippen LogP contribution in [0.15, 0.2) is 48.5 Å². The van der Waals surface area contributed by atoms with Gasteiger partial charge in [0, 0.05) is 18.4 Å². The minimum atomic E-state index is -0.976. The van der Waals surface area contributed by atoms with Gasteiger partial charge in [-0.25, -0.2) is 14.9 Å². The van der Waals surface area contributed by atoms with Crippen LogP contribution in [0.1, 0.15) is 18.4 Å². The zero-order chi connectivity index (χ0) is 27.6. The van der Waals surface area contributed by atoms with Crippen LogP contribution in [0, 0.1) is 35.0 Å². The van der Waals surface area contributed by atoms with E-state index in [4.69, 9.17) is 26.9 Å². The minimum Gasteiger partial charge on any atom is -0.480 e. The highest BCUT2D eigenvalue weighted by atomic mass is 31.1. The summed E-state index contributed by atoms with van der Waals surface area (Å²) in [5.74, 6) is 5.35. The Labute approximate surface area is 216 Å². The Morgan fingerprint density at radius 1 is 1.00 bits per heavy atom. The number of hydroxylamine groups is 2. The number of hydrogen-bond donors (Lipinski definition) is 3. The van der Waals surface area contributed by atoms with Gasteiger partial charge in [-0.3, -0.25) is 14.8 Å². The van der Waals surface area contributed by atoms with Crippen molar-refractivity contribution in [1.29, 1.82) is 10.5 Å². The van der Waals surface area contributed by atoms with Crippen molar-refractivity contribution in [3.8, 4) is 24.5 Å². The van der Waals surface area contributed by atoms with Crippen molar-refractivity contribution in [3.63, 3.8) is 0 Å². The number of carbonyl (C=O) groups excluding carboxylic acids is 1. The maximum absolute atomic E-state index is 10.8. The van der Waals surface area contributed by atoms with E-state index >= 15 is 0 Å². The lowest BCUT2D eigenvalue weighted by atomic mass is 10.2. The fourth-order valence-corrected chi connectivity index (χ4v) is 4.98. The molecule has 0 aliphatic rings. The van der Waals surface area contributed by atoms with Gasteiger partial charge in [-0.1, -0.05) is 26.0 Å². The van der Waals surface area contributed by atoms with Crippen molar-refractivity contribution < 1.29 is 29.6 Å². The molecule has 0 saturated heterocycles. The van der Waals surface area contributed by atoms with Gasteiger partial charge in [0.05, 0.1) is 30.6 Å². The highest BCUT2D eigenvalue weighted by Crippen LogP contribution is 2.36. The second kappa shape index (κ2) is 17.3. The molecule has 0 saturated carbocycles. The van der Waals surface area contributed by atoms with E-state index in [1.165, 1.54) is 12.2 Å². The van der Waals surface area contributed by atoms with Crippen LogP contribution < -0.4 is 21.3 Å². The van der Waals surface area contributed by atoms with E-state index in [2.05, 4.69) is 28.8 Å². The zero-order valence-corrected chi connectivity index (χ0v) is 21.2. The largest absolute Gasteiger partial charge is 0.480 e. The van der Waals surface area contributed by atoms with Gasteiger partial charge in [0.2, 0.25) is 0 Å². The summed E-state index contributed by atoms with van der Waals surface area (Å²) in [6, 6.07) is 18.2. The summed E-state index contributed by atoms with van der Waals surface area (Å²) in [7, 11) is 0.879. The van der Waals surface area contributed by atoms with Crippen LogP contribution in [0.4, 0.5) is 11.4 Å². The molecule has 194 valence electrons. The number of nitrogens with two attached hydrogens (primary N) is 1. The third-order valence-electron chi connectivity index (χ3n) is 4.73. The SMILES string of the molecule is C#Cc1ccc(N(O)CC(=O)ON)cc1.CON(CC(=O)O)c1ccc(P(CCC#N)CCC#N)cc1. The summed E-state index contributed by atoms with van der Waals surface area (Å²) in [4.78, 5) is 30.5. The Hall–Kier alpha value is -4.17. The number of nitrogens with zero attached hydrogens (tertiary/aromatic N) is 4. The molecule has 37 heavy (non-hydrogen) atoms. The van der Waals surface area contributed by atoms with E-state index in [0.717, 1.165) is 22.7 Å². The summed E-state index contributed by atoms with van der Waals surface area (Å²) in [5, 5.41) is 38.8. The summed E-state index contributed by atoms with van der Waals surface area (Å²) >= 11 is 0. The first-order valence-corrected chi connectivity index (χ1v) is 12.6. The second-order valence-electron chi connectivity index (χ2n) is 7.17. The Balaban J connectivity index is 0.000000397. The lowest BCUT2D eigenvalue weighted by Gasteiger charge is -2.21. The van der Waals surface area contributed by atoms with Crippen molar-refractivity contribution in [2.45, 2.75) is 12.8 Å². The molecule has 4 N–H and O–H groups in total. The van der Waals surface area contributed by atoms with Gasteiger partial charge in [0.1, 0.15) is 13.1 Å². The molecule has 0 radical (unpaired) electrons. The molecule has 0 amide bonds. The smallest absolute Gasteiger partial charge is 0.346 e. The fraction of sp³-hybridized carbons (Fsp3) is 0.280. The van der Waals surface area contributed by atoms with Crippen molar-refractivity contribution in [2.24, 2.45) is 5.90 Å². The van der Waals surface area contributed by atoms with Crippen molar-refractivity contribution in [2.75, 3.05) is 42.6 Å². The maximum atomic E-state index is 10.8. The molecule has 12 heteroatoms. The first-order chi connectivity index (χ1) is 17.8. The average molecular weight is 526 g/mol. The molecule has 2 aromatic carbocycles. The van der Waals surface area contributed by atoms with E-state index in [1.807, 2.05) is 12.1 Å². The lowest BCUT2D eigenvalue weighted by molar-refractivity contribution is -0.143. The summed E-state index contributed by atoms with van der Waals surface area (Å²) < 4.78 is 0. The molecule has 0 aliphatic carbocycles. The quantitative estimate of drug-likeness (QED) is 0.211. The monoisotopic (exact) mass is 525 g/mol. The van der Waals surface area contributed by atoms with E-state index < -0.39 is 19.9 Å². The van der Waals surface area contributed by atoms with Crippen LogP contribution in [0.5, 0.6) is 0 Å². The predicted octanol–water partition coefficient (Wildman–Crippen LogP) is 2.35. The van der Waals surface area contributed by atoms with Crippen molar-refractivity contribution in [3.05, 3.63) is 54.1 Å². The second-order valence-corrected chi connectivity index (χ2v) is 9.66. The Morgan fingerprint density at radius 2 is 1.54 bits per heavy atom. The number of aliphatic carboxylic acids is 1. The third-order valence-corrected chi connectivity index (χ3v) is 7.29. The molecule has 0 unspecified atom stereocenters. The van der Waals surface area contributed by atoms with E-state index in [9.17, 15) is 14.8 Å². The maximum Gasteiger partial charge on any atom is 0.346 e. The molecule has 0 bridgehead atoms. The third kappa shape index (κ3) is 11.4. The molecule has 0 aromatic heterocycles. The van der Waals surface area contributed by atoms with Crippen LogP contribution in [-0.2, 0) is 19.3 Å². The molecule has 0 atom stereocenters. The molecular formula is C25H28N5O6P. The summed E-state index contributed by atoms with van der Waals surface area (Å²) in [6.45, 7) is -0.584.